The van der Waals surface area contributed by atoms with Crippen molar-refractivity contribution < 1.29 is 14.4 Å². The summed E-state index contributed by atoms with van der Waals surface area (Å²) in [5.41, 5.74) is 0. The normalized spacial score (nSPS) is 16.9. The van der Waals surface area contributed by atoms with Crippen LogP contribution < -0.4 is 0 Å². The number of nitrogens with zero attached hydrogens (tertiary/aromatic N) is 4. The number of ether oxygens (including phenoxy) is 1. The van der Waals surface area contributed by atoms with Crippen LogP contribution >= 0.6 is 11.3 Å². The first-order valence-corrected chi connectivity index (χ1v) is 8.73. The molecular weight excluding hydrogens is 316 g/mol. The van der Waals surface area contributed by atoms with Crippen molar-refractivity contribution in [3.63, 3.8) is 0 Å². The summed E-state index contributed by atoms with van der Waals surface area (Å²) < 4.78 is 10.7. The highest BCUT2D eigenvalue weighted by atomic mass is 32.1. The van der Waals surface area contributed by atoms with Gasteiger partial charge in [-0.05, 0) is 11.4 Å². The summed E-state index contributed by atoms with van der Waals surface area (Å²) >= 11 is 1.61. The van der Waals surface area contributed by atoms with Crippen LogP contribution in [0.5, 0.6) is 0 Å². The van der Waals surface area contributed by atoms with E-state index in [0.717, 1.165) is 37.6 Å². The Hall–Kier alpha value is -1.32. The molecule has 2 aromatic heterocycles. The number of rotatable bonds is 8. The maximum absolute atomic E-state index is 8.68. The van der Waals surface area contributed by atoms with Crippen molar-refractivity contribution in [2.45, 2.75) is 6.54 Å². The Morgan fingerprint density at radius 1 is 1.22 bits per heavy atom. The predicted octanol–water partition coefficient (Wildman–Crippen LogP) is 0.925. The second kappa shape index (κ2) is 8.51. The highest BCUT2D eigenvalue weighted by molar-refractivity contribution is 7.13. The van der Waals surface area contributed by atoms with Gasteiger partial charge < -0.3 is 14.4 Å². The van der Waals surface area contributed by atoms with Crippen LogP contribution in [-0.2, 0) is 11.3 Å². The van der Waals surface area contributed by atoms with Crippen LogP contribution in [0.15, 0.2) is 22.0 Å². The Bertz CT molecular complexity index is 567. The van der Waals surface area contributed by atoms with Crippen molar-refractivity contribution in [3.8, 4) is 10.7 Å². The molecule has 1 aliphatic heterocycles. The zero-order chi connectivity index (χ0) is 15.9. The molecule has 1 fully saturated rings. The Morgan fingerprint density at radius 3 is 2.78 bits per heavy atom. The SMILES string of the molecule is OCCOCCN1CCN(Cc2nc(-c3cccs3)no2)CC1. The van der Waals surface area contributed by atoms with Crippen LogP contribution in [0, 0.1) is 0 Å². The van der Waals surface area contributed by atoms with Crippen molar-refractivity contribution in [3.05, 3.63) is 23.4 Å². The first-order chi connectivity index (χ1) is 11.3. The maximum Gasteiger partial charge on any atom is 0.241 e. The second-order valence-electron chi connectivity index (χ2n) is 5.44. The van der Waals surface area contributed by atoms with Crippen molar-refractivity contribution in [1.82, 2.24) is 19.9 Å². The average Bonchev–Trinajstić information content (AvgIpc) is 3.24. The van der Waals surface area contributed by atoms with Gasteiger partial charge in [-0.1, -0.05) is 11.2 Å². The van der Waals surface area contributed by atoms with Gasteiger partial charge in [-0.3, -0.25) is 9.80 Å². The van der Waals surface area contributed by atoms with Crippen LogP contribution in [0.2, 0.25) is 0 Å². The zero-order valence-corrected chi connectivity index (χ0v) is 13.9. The lowest BCUT2D eigenvalue weighted by Gasteiger charge is -2.33. The van der Waals surface area contributed by atoms with Gasteiger partial charge in [0.25, 0.3) is 0 Å². The molecule has 0 aromatic carbocycles. The third-order valence-corrected chi connectivity index (χ3v) is 4.69. The summed E-state index contributed by atoms with van der Waals surface area (Å²) in [7, 11) is 0. The van der Waals surface area contributed by atoms with E-state index in [4.69, 9.17) is 14.4 Å². The molecule has 1 aliphatic rings. The van der Waals surface area contributed by atoms with Gasteiger partial charge in [-0.25, -0.2) is 0 Å². The van der Waals surface area contributed by atoms with Gasteiger partial charge in [0.05, 0.1) is 31.2 Å². The van der Waals surface area contributed by atoms with E-state index >= 15 is 0 Å². The van der Waals surface area contributed by atoms with Gasteiger partial charge in [-0.2, -0.15) is 4.98 Å². The molecule has 3 heterocycles. The lowest BCUT2D eigenvalue weighted by molar-refractivity contribution is 0.0545. The minimum absolute atomic E-state index is 0.0887. The van der Waals surface area contributed by atoms with E-state index in [9.17, 15) is 0 Å². The summed E-state index contributed by atoms with van der Waals surface area (Å²) in [4.78, 5) is 10.2. The van der Waals surface area contributed by atoms with E-state index in [2.05, 4.69) is 19.9 Å². The first kappa shape index (κ1) is 16.5. The number of aliphatic hydroxyl groups excluding tert-OH is 1. The topological polar surface area (TPSA) is 74.9 Å². The van der Waals surface area contributed by atoms with Gasteiger partial charge in [0.1, 0.15) is 0 Å². The number of thiophene rings is 1. The Balaban J connectivity index is 1.41. The molecule has 8 heteroatoms. The summed E-state index contributed by atoms with van der Waals surface area (Å²) in [5.74, 6) is 1.35. The zero-order valence-electron chi connectivity index (χ0n) is 13.1. The number of piperazine rings is 1. The molecular formula is C15H22N4O3S. The smallest absolute Gasteiger partial charge is 0.241 e. The van der Waals surface area contributed by atoms with Crippen molar-refractivity contribution in [1.29, 1.82) is 0 Å². The van der Waals surface area contributed by atoms with Crippen molar-refractivity contribution >= 4 is 11.3 Å². The highest BCUT2D eigenvalue weighted by Gasteiger charge is 2.19. The molecule has 0 bridgehead atoms. The Morgan fingerprint density at radius 2 is 2.04 bits per heavy atom. The molecule has 0 spiro atoms. The van der Waals surface area contributed by atoms with Crippen LogP contribution in [0.3, 0.4) is 0 Å². The van der Waals surface area contributed by atoms with E-state index in [0.29, 0.717) is 31.5 Å². The van der Waals surface area contributed by atoms with Gasteiger partial charge in [0, 0.05) is 32.7 Å². The van der Waals surface area contributed by atoms with E-state index in [1.807, 2.05) is 17.5 Å². The standard InChI is InChI=1S/C15H22N4O3S/c20-8-10-21-9-7-18-3-5-19(6-4-18)12-14-16-15(17-22-14)13-2-1-11-23-13/h1-2,11,20H,3-10,12H2. The van der Waals surface area contributed by atoms with E-state index < -0.39 is 0 Å². The molecule has 0 saturated carbocycles. The number of hydrogen-bond donors (Lipinski definition) is 1. The fraction of sp³-hybridized carbons (Fsp3) is 0.600. The van der Waals surface area contributed by atoms with Gasteiger partial charge in [-0.15, -0.1) is 11.3 Å². The molecule has 0 aliphatic carbocycles. The van der Waals surface area contributed by atoms with Crippen LogP contribution in [0.4, 0.5) is 0 Å². The molecule has 1 N–H and O–H groups in total. The Labute approximate surface area is 139 Å². The van der Waals surface area contributed by atoms with E-state index in [-0.39, 0.29) is 6.61 Å². The lowest BCUT2D eigenvalue weighted by atomic mass is 10.3. The maximum atomic E-state index is 8.68. The van der Waals surface area contributed by atoms with E-state index in [1.54, 1.807) is 11.3 Å². The summed E-state index contributed by atoms with van der Waals surface area (Å²) in [6.07, 6.45) is 0. The molecule has 3 rings (SSSR count). The minimum Gasteiger partial charge on any atom is -0.394 e. The monoisotopic (exact) mass is 338 g/mol. The number of aliphatic hydroxyl groups is 1. The third kappa shape index (κ3) is 4.82. The molecule has 0 amide bonds. The highest BCUT2D eigenvalue weighted by Crippen LogP contribution is 2.21. The Kier molecular flexibility index (Phi) is 6.12. The van der Waals surface area contributed by atoms with Gasteiger partial charge in [0.15, 0.2) is 0 Å². The van der Waals surface area contributed by atoms with E-state index in [1.165, 1.54) is 0 Å². The molecule has 0 radical (unpaired) electrons. The number of hydrogen-bond acceptors (Lipinski definition) is 8. The van der Waals surface area contributed by atoms with Crippen LogP contribution in [0.25, 0.3) is 10.7 Å². The summed E-state index contributed by atoms with van der Waals surface area (Å²) in [5, 5.41) is 14.7. The van der Waals surface area contributed by atoms with Crippen LogP contribution in [0.1, 0.15) is 5.89 Å². The molecule has 0 unspecified atom stereocenters. The van der Waals surface area contributed by atoms with Crippen molar-refractivity contribution in [2.75, 3.05) is 52.5 Å². The average molecular weight is 338 g/mol. The lowest BCUT2D eigenvalue weighted by Crippen LogP contribution is -2.46. The molecule has 1 saturated heterocycles. The molecule has 23 heavy (non-hydrogen) atoms. The molecule has 2 aromatic rings. The largest absolute Gasteiger partial charge is 0.394 e. The molecule has 7 nitrogen and oxygen atoms in total. The third-order valence-electron chi connectivity index (χ3n) is 3.82. The summed E-state index contributed by atoms with van der Waals surface area (Å²) in [6.45, 7) is 6.78. The second-order valence-corrected chi connectivity index (χ2v) is 6.39. The fourth-order valence-corrected chi connectivity index (χ4v) is 3.20. The predicted molar refractivity (Wildman–Crippen MR) is 87.2 cm³/mol. The first-order valence-electron chi connectivity index (χ1n) is 7.85. The van der Waals surface area contributed by atoms with Gasteiger partial charge >= 0.3 is 0 Å². The molecule has 126 valence electrons. The minimum atomic E-state index is 0.0887. The van der Waals surface area contributed by atoms with Crippen LogP contribution in [-0.4, -0.2) is 77.6 Å². The van der Waals surface area contributed by atoms with Crippen molar-refractivity contribution in [2.24, 2.45) is 0 Å². The fourth-order valence-electron chi connectivity index (χ4n) is 2.55. The number of aromatic nitrogens is 2. The summed E-state index contributed by atoms with van der Waals surface area (Å²) in [6, 6.07) is 3.98. The quantitative estimate of drug-likeness (QED) is 0.718. The molecule has 0 atom stereocenters. The van der Waals surface area contributed by atoms with Gasteiger partial charge in [0.2, 0.25) is 11.7 Å².